The van der Waals surface area contributed by atoms with Crippen molar-refractivity contribution < 1.29 is 22.3 Å². The van der Waals surface area contributed by atoms with Crippen molar-refractivity contribution in [3.63, 3.8) is 0 Å². The zero-order valence-electron chi connectivity index (χ0n) is 15.8. The Morgan fingerprint density at radius 3 is 2.54 bits per heavy atom. The highest BCUT2D eigenvalue weighted by Crippen LogP contribution is 2.39. The smallest absolute Gasteiger partial charge is 0.264 e. The number of carbonyl (C=O) groups is 1. The maximum absolute atomic E-state index is 11.5. The third-order valence-corrected chi connectivity index (χ3v) is 5.59. The molecule has 6 nitrogen and oxygen atoms in total. The van der Waals surface area contributed by atoms with Crippen LogP contribution in [-0.4, -0.2) is 53.4 Å². The molecular weight excluding hydrogens is 352 g/mol. The third kappa shape index (κ3) is 4.59. The van der Waals surface area contributed by atoms with Crippen LogP contribution in [-0.2, 0) is 20.3 Å². The minimum Gasteiger partial charge on any atom is -0.322 e. The van der Waals surface area contributed by atoms with E-state index in [0.717, 1.165) is 11.4 Å². The molecule has 1 aliphatic heterocycles. The van der Waals surface area contributed by atoms with Gasteiger partial charge in [-0.1, -0.05) is 18.2 Å². The van der Waals surface area contributed by atoms with Gasteiger partial charge in [0.05, 0.1) is 11.2 Å². The second-order valence-corrected chi connectivity index (χ2v) is 8.69. The molecule has 1 heterocycles. The maximum atomic E-state index is 11.5. The van der Waals surface area contributed by atoms with Gasteiger partial charge in [-0.25, -0.2) is 0 Å². The van der Waals surface area contributed by atoms with Gasteiger partial charge in [0.25, 0.3) is 10.1 Å². The van der Waals surface area contributed by atoms with Crippen molar-refractivity contribution >= 4 is 27.4 Å². The van der Waals surface area contributed by atoms with Crippen molar-refractivity contribution in [1.82, 2.24) is 4.90 Å². The average Bonchev–Trinajstić information content (AvgIpc) is 2.76. The lowest BCUT2D eigenvalue weighted by Crippen LogP contribution is -2.29. The summed E-state index contributed by atoms with van der Waals surface area (Å²) in [5.74, 6) is -0.278. The third-order valence-electron chi connectivity index (χ3n) is 4.79. The number of hydrogen-bond donors (Lipinski definition) is 1. The summed E-state index contributed by atoms with van der Waals surface area (Å²) in [7, 11) is -2.22. The van der Waals surface area contributed by atoms with Crippen LogP contribution in [0.4, 0.5) is 5.69 Å². The Labute approximate surface area is 155 Å². The molecule has 0 bridgehead atoms. The highest BCUT2D eigenvalue weighted by molar-refractivity contribution is 7.85. The largest absolute Gasteiger partial charge is 0.322 e. The minimum atomic E-state index is -3.93. The van der Waals surface area contributed by atoms with E-state index in [9.17, 15) is 13.2 Å². The Bertz CT molecular complexity index is 854. The van der Waals surface area contributed by atoms with Crippen molar-refractivity contribution in [2.24, 2.45) is 0 Å². The molecule has 1 aliphatic rings. The number of carbonyl (C=O) groups excluding carboxylic acids is 1. The minimum absolute atomic E-state index is 0.0464. The Morgan fingerprint density at radius 2 is 1.92 bits per heavy atom. The SMILES string of the molecule is CC(=O)N(C)/C=C/C1=[N+](CCCCS(=O)(=O)O)c2ccccc2C1(C)C. The first-order valence-corrected chi connectivity index (χ1v) is 10.3. The van der Waals surface area contributed by atoms with Gasteiger partial charge in [0.1, 0.15) is 6.54 Å². The molecular formula is C19H27N2O4S+. The topological polar surface area (TPSA) is 77.7 Å². The lowest BCUT2D eigenvalue weighted by Gasteiger charge is -2.16. The summed E-state index contributed by atoms with van der Waals surface area (Å²) < 4.78 is 32.9. The van der Waals surface area contributed by atoms with Crippen molar-refractivity contribution in [3.05, 3.63) is 42.1 Å². The first kappa shape index (κ1) is 20.3. The van der Waals surface area contributed by atoms with E-state index in [0.29, 0.717) is 19.4 Å². The second-order valence-electron chi connectivity index (χ2n) is 7.12. The van der Waals surface area contributed by atoms with Crippen molar-refractivity contribution in [1.29, 1.82) is 0 Å². The van der Waals surface area contributed by atoms with Gasteiger partial charge in [-0.05, 0) is 20.3 Å². The lowest BCUT2D eigenvalue weighted by atomic mass is 9.81. The number of unbranched alkanes of at least 4 members (excludes halogenated alkanes) is 1. The van der Waals surface area contributed by atoms with E-state index in [1.54, 1.807) is 13.2 Å². The van der Waals surface area contributed by atoms with Gasteiger partial charge in [0.2, 0.25) is 11.6 Å². The monoisotopic (exact) mass is 379 g/mol. The molecule has 0 saturated heterocycles. The Kier molecular flexibility index (Phi) is 6.03. The van der Waals surface area contributed by atoms with Crippen LogP contribution >= 0.6 is 0 Å². The van der Waals surface area contributed by atoms with Crippen LogP contribution in [0, 0.1) is 0 Å². The number of benzene rings is 1. The van der Waals surface area contributed by atoms with Gasteiger partial charge in [-0.2, -0.15) is 13.0 Å². The highest BCUT2D eigenvalue weighted by Gasteiger charge is 2.43. The van der Waals surface area contributed by atoms with E-state index in [2.05, 4.69) is 30.6 Å². The molecule has 1 aromatic rings. The van der Waals surface area contributed by atoms with E-state index in [1.165, 1.54) is 17.4 Å². The molecule has 142 valence electrons. The summed E-state index contributed by atoms with van der Waals surface area (Å²) in [6.07, 6.45) is 4.73. The van der Waals surface area contributed by atoms with Gasteiger partial charge in [-0.15, -0.1) is 0 Å². The fourth-order valence-electron chi connectivity index (χ4n) is 3.22. The molecule has 0 spiro atoms. The van der Waals surface area contributed by atoms with Crippen LogP contribution < -0.4 is 0 Å². The molecule has 0 atom stereocenters. The van der Waals surface area contributed by atoms with Crippen LogP contribution in [0.15, 0.2) is 36.5 Å². The van der Waals surface area contributed by atoms with Crippen molar-refractivity contribution in [2.75, 3.05) is 19.3 Å². The average molecular weight is 380 g/mol. The summed E-state index contributed by atoms with van der Waals surface area (Å²) in [4.78, 5) is 13.0. The quantitative estimate of drug-likeness (QED) is 0.449. The molecule has 2 rings (SSSR count). The zero-order chi connectivity index (χ0) is 19.5. The molecule has 1 aromatic carbocycles. The Balaban J connectivity index is 2.33. The molecule has 0 saturated carbocycles. The fourth-order valence-corrected chi connectivity index (χ4v) is 3.79. The van der Waals surface area contributed by atoms with Crippen LogP contribution in [0.3, 0.4) is 0 Å². The van der Waals surface area contributed by atoms with Gasteiger partial charge >= 0.3 is 0 Å². The van der Waals surface area contributed by atoms with E-state index in [4.69, 9.17) is 4.55 Å². The van der Waals surface area contributed by atoms with Crippen LogP contribution in [0.1, 0.15) is 39.2 Å². The second kappa shape index (κ2) is 7.72. The zero-order valence-corrected chi connectivity index (χ0v) is 16.6. The number of para-hydroxylation sites is 1. The van der Waals surface area contributed by atoms with Gasteiger partial charge in [0.15, 0.2) is 5.71 Å². The molecule has 0 radical (unpaired) electrons. The van der Waals surface area contributed by atoms with E-state index in [1.807, 2.05) is 18.2 Å². The fraction of sp³-hybridized carbons (Fsp3) is 0.474. The molecule has 26 heavy (non-hydrogen) atoms. The molecule has 0 unspecified atom stereocenters. The summed E-state index contributed by atoms with van der Waals surface area (Å²) in [5, 5.41) is 0. The van der Waals surface area contributed by atoms with Crippen LogP contribution in [0.25, 0.3) is 0 Å². The predicted octanol–water partition coefficient (Wildman–Crippen LogP) is 2.72. The maximum Gasteiger partial charge on any atom is 0.264 e. The van der Waals surface area contributed by atoms with Crippen molar-refractivity contribution in [3.8, 4) is 0 Å². The van der Waals surface area contributed by atoms with E-state index < -0.39 is 10.1 Å². The van der Waals surface area contributed by atoms with Gasteiger partial charge in [-0.3, -0.25) is 9.35 Å². The predicted molar refractivity (Wildman–Crippen MR) is 102 cm³/mol. The molecule has 0 aliphatic carbocycles. The summed E-state index contributed by atoms with van der Waals surface area (Å²) in [6.45, 7) is 6.42. The highest BCUT2D eigenvalue weighted by atomic mass is 32.2. The molecule has 1 N–H and O–H groups in total. The summed E-state index contributed by atoms with van der Waals surface area (Å²) >= 11 is 0. The standard InChI is InChI=1S/C19H26N2O4S/c1-15(22)20(4)13-11-18-19(2,3)16-9-5-6-10-17(16)21(18)12-7-8-14-26(23,24)25/h5-6,9-11,13H,7-8,12,14H2,1-4H3/p+1. The van der Waals surface area contributed by atoms with Crippen molar-refractivity contribution in [2.45, 2.75) is 39.0 Å². The van der Waals surface area contributed by atoms with Gasteiger partial charge in [0, 0.05) is 44.3 Å². The van der Waals surface area contributed by atoms with Crippen LogP contribution in [0.2, 0.25) is 0 Å². The number of rotatable bonds is 7. The summed E-state index contributed by atoms with van der Waals surface area (Å²) in [6, 6.07) is 8.13. The first-order chi connectivity index (χ1) is 12.0. The molecule has 1 amide bonds. The van der Waals surface area contributed by atoms with Gasteiger partial charge < -0.3 is 4.90 Å². The number of nitrogens with zero attached hydrogens (tertiary/aromatic N) is 2. The first-order valence-electron chi connectivity index (χ1n) is 8.65. The molecule has 7 heteroatoms. The summed E-state index contributed by atoms with van der Waals surface area (Å²) in [5.41, 5.74) is 3.11. The number of hydrogen-bond acceptors (Lipinski definition) is 3. The number of allylic oxidation sites excluding steroid dienone is 1. The van der Waals surface area contributed by atoms with E-state index in [-0.39, 0.29) is 17.1 Å². The molecule has 0 aromatic heterocycles. The number of fused-ring (bicyclic) bond motifs is 1. The van der Waals surface area contributed by atoms with E-state index >= 15 is 0 Å². The molecule has 0 fully saturated rings. The normalized spacial score (nSPS) is 16.2. The lowest BCUT2D eigenvalue weighted by molar-refractivity contribution is -0.438. The Morgan fingerprint density at radius 1 is 1.27 bits per heavy atom. The number of amides is 1. The Hall–Kier alpha value is -1.99. The van der Waals surface area contributed by atoms with Crippen LogP contribution in [0.5, 0.6) is 0 Å².